The zero-order valence-electron chi connectivity index (χ0n) is 16.1. The van der Waals surface area contributed by atoms with Crippen LogP contribution in [0.1, 0.15) is 24.1 Å². The van der Waals surface area contributed by atoms with Crippen molar-refractivity contribution in [1.82, 2.24) is 5.32 Å². The normalized spacial score (nSPS) is 12.2. The first kappa shape index (κ1) is 21.8. The average molecular weight is 447 g/mol. The van der Waals surface area contributed by atoms with E-state index in [4.69, 9.17) is 11.6 Å². The third-order valence-electron chi connectivity index (χ3n) is 4.42. The predicted molar refractivity (Wildman–Crippen MR) is 115 cm³/mol. The van der Waals surface area contributed by atoms with Crippen molar-refractivity contribution in [3.63, 3.8) is 0 Å². The second kappa shape index (κ2) is 9.28. The van der Waals surface area contributed by atoms with Gasteiger partial charge in [0.2, 0.25) is 5.91 Å². The SMILES string of the molecule is C[C@@H](NC(=O)Cc1ccc(NS(=O)(=O)c2ccc(F)cc2)cc1)c1cccc(Cl)c1. The first-order valence-corrected chi connectivity index (χ1v) is 11.0. The standard InChI is InChI=1S/C22H20ClFN2O3S/c1-15(17-3-2-4-18(23)14-17)25-22(27)13-16-5-9-20(10-6-16)26-30(28,29)21-11-7-19(24)8-12-21/h2-12,14-15,26H,13H2,1H3,(H,25,27)/t15-/m1/s1. The molecule has 3 aromatic carbocycles. The van der Waals surface area contributed by atoms with Crippen molar-refractivity contribution >= 4 is 33.2 Å². The van der Waals surface area contributed by atoms with Crippen LogP contribution in [0.4, 0.5) is 10.1 Å². The molecule has 0 aliphatic carbocycles. The maximum absolute atomic E-state index is 13.0. The van der Waals surface area contributed by atoms with Gasteiger partial charge in [-0.05, 0) is 66.6 Å². The van der Waals surface area contributed by atoms with Gasteiger partial charge in [0.15, 0.2) is 0 Å². The summed E-state index contributed by atoms with van der Waals surface area (Å²) >= 11 is 5.98. The van der Waals surface area contributed by atoms with E-state index < -0.39 is 15.8 Å². The largest absolute Gasteiger partial charge is 0.349 e. The fourth-order valence-electron chi connectivity index (χ4n) is 2.86. The number of nitrogens with one attached hydrogen (secondary N) is 2. The maximum Gasteiger partial charge on any atom is 0.261 e. The Bertz CT molecular complexity index is 1130. The molecule has 0 radical (unpaired) electrons. The number of carbonyl (C=O) groups is 1. The molecule has 0 bridgehead atoms. The molecule has 2 N–H and O–H groups in total. The summed E-state index contributed by atoms with van der Waals surface area (Å²) in [5, 5.41) is 3.52. The zero-order valence-corrected chi connectivity index (χ0v) is 17.7. The lowest BCUT2D eigenvalue weighted by molar-refractivity contribution is -0.121. The van der Waals surface area contributed by atoms with Gasteiger partial charge in [-0.2, -0.15) is 0 Å². The van der Waals surface area contributed by atoms with Crippen molar-refractivity contribution in [3.05, 3.63) is 94.8 Å². The highest BCUT2D eigenvalue weighted by molar-refractivity contribution is 7.92. The van der Waals surface area contributed by atoms with Crippen molar-refractivity contribution < 1.29 is 17.6 Å². The maximum atomic E-state index is 13.0. The number of sulfonamides is 1. The fraction of sp³-hybridized carbons (Fsp3) is 0.136. The minimum atomic E-state index is -3.82. The van der Waals surface area contributed by atoms with Crippen molar-refractivity contribution in [3.8, 4) is 0 Å². The summed E-state index contributed by atoms with van der Waals surface area (Å²) in [6.07, 6.45) is 0.149. The zero-order chi connectivity index (χ0) is 21.7. The van der Waals surface area contributed by atoms with Gasteiger partial charge in [0, 0.05) is 10.7 Å². The van der Waals surface area contributed by atoms with E-state index in [2.05, 4.69) is 10.0 Å². The molecule has 156 valence electrons. The lowest BCUT2D eigenvalue weighted by Gasteiger charge is -2.15. The van der Waals surface area contributed by atoms with Crippen LogP contribution in [-0.4, -0.2) is 14.3 Å². The Morgan fingerprint density at radius 2 is 1.70 bits per heavy atom. The first-order valence-electron chi connectivity index (χ1n) is 9.15. The van der Waals surface area contributed by atoms with Gasteiger partial charge in [-0.3, -0.25) is 9.52 Å². The summed E-state index contributed by atoms with van der Waals surface area (Å²) in [5.74, 6) is -0.677. The molecule has 0 fully saturated rings. The molecule has 5 nitrogen and oxygen atoms in total. The molecule has 0 spiro atoms. The van der Waals surface area contributed by atoms with E-state index in [1.165, 1.54) is 12.1 Å². The number of rotatable bonds is 7. The summed E-state index contributed by atoms with van der Waals surface area (Å²) in [4.78, 5) is 12.3. The molecule has 1 atom stereocenters. The summed E-state index contributed by atoms with van der Waals surface area (Å²) in [5.41, 5.74) is 1.98. The molecule has 3 rings (SSSR count). The molecule has 0 unspecified atom stereocenters. The second-order valence-corrected chi connectivity index (χ2v) is 8.90. The number of carbonyl (C=O) groups excluding carboxylic acids is 1. The van der Waals surface area contributed by atoms with Crippen LogP contribution in [0.15, 0.2) is 77.7 Å². The molecule has 0 saturated heterocycles. The number of hydrogen-bond donors (Lipinski definition) is 2. The molecular weight excluding hydrogens is 427 g/mol. The van der Waals surface area contributed by atoms with Gasteiger partial charge in [0.05, 0.1) is 17.4 Å². The van der Waals surface area contributed by atoms with Gasteiger partial charge in [-0.15, -0.1) is 0 Å². The van der Waals surface area contributed by atoms with E-state index in [1.54, 1.807) is 36.4 Å². The minimum absolute atomic E-state index is 0.0395. The van der Waals surface area contributed by atoms with Crippen LogP contribution >= 0.6 is 11.6 Å². The molecule has 30 heavy (non-hydrogen) atoms. The second-order valence-electron chi connectivity index (χ2n) is 6.78. The molecule has 0 heterocycles. The summed E-state index contributed by atoms with van der Waals surface area (Å²) in [6.45, 7) is 1.87. The van der Waals surface area contributed by atoms with E-state index in [0.717, 1.165) is 23.3 Å². The number of halogens is 2. The van der Waals surface area contributed by atoms with Crippen molar-refractivity contribution in [2.75, 3.05) is 4.72 Å². The van der Waals surface area contributed by atoms with Crippen LogP contribution in [0.5, 0.6) is 0 Å². The van der Waals surface area contributed by atoms with Crippen molar-refractivity contribution in [2.45, 2.75) is 24.3 Å². The molecule has 0 aliphatic heterocycles. The van der Waals surface area contributed by atoms with E-state index in [0.29, 0.717) is 10.7 Å². The Balaban J connectivity index is 1.60. The van der Waals surface area contributed by atoms with Crippen molar-refractivity contribution in [1.29, 1.82) is 0 Å². The van der Waals surface area contributed by atoms with Gasteiger partial charge >= 0.3 is 0 Å². The van der Waals surface area contributed by atoms with Gasteiger partial charge in [-0.25, -0.2) is 12.8 Å². The lowest BCUT2D eigenvalue weighted by atomic mass is 10.1. The fourth-order valence-corrected chi connectivity index (χ4v) is 4.11. The third-order valence-corrected chi connectivity index (χ3v) is 6.05. The Labute approximate surface area is 179 Å². The third kappa shape index (κ3) is 5.81. The van der Waals surface area contributed by atoms with Gasteiger partial charge in [0.1, 0.15) is 5.82 Å². The Hall–Kier alpha value is -2.90. The summed E-state index contributed by atoms with van der Waals surface area (Å²) < 4.78 is 40.1. The van der Waals surface area contributed by atoms with E-state index in [-0.39, 0.29) is 23.3 Å². The smallest absolute Gasteiger partial charge is 0.261 e. The quantitative estimate of drug-likeness (QED) is 0.552. The van der Waals surface area contributed by atoms with E-state index in [9.17, 15) is 17.6 Å². The number of benzene rings is 3. The number of hydrogen-bond acceptors (Lipinski definition) is 3. The lowest BCUT2D eigenvalue weighted by Crippen LogP contribution is -2.28. The van der Waals surface area contributed by atoms with Crippen LogP contribution in [0.3, 0.4) is 0 Å². The monoisotopic (exact) mass is 446 g/mol. The minimum Gasteiger partial charge on any atom is -0.349 e. The van der Waals surface area contributed by atoms with E-state index in [1.807, 2.05) is 19.1 Å². The van der Waals surface area contributed by atoms with Crippen LogP contribution in [0, 0.1) is 5.82 Å². The van der Waals surface area contributed by atoms with Crippen LogP contribution in [0.2, 0.25) is 5.02 Å². The highest BCUT2D eigenvalue weighted by Gasteiger charge is 2.15. The number of amides is 1. The van der Waals surface area contributed by atoms with Crippen LogP contribution < -0.4 is 10.0 Å². The van der Waals surface area contributed by atoms with Gasteiger partial charge in [-0.1, -0.05) is 35.9 Å². The Morgan fingerprint density at radius 3 is 2.33 bits per heavy atom. The first-order chi connectivity index (χ1) is 14.2. The summed E-state index contributed by atoms with van der Waals surface area (Å²) in [7, 11) is -3.82. The molecule has 1 amide bonds. The number of anilines is 1. The molecule has 0 aliphatic rings. The average Bonchev–Trinajstić information content (AvgIpc) is 2.69. The van der Waals surface area contributed by atoms with Gasteiger partial charge in [0.25, 0.3) is 10.0 Å². The molecular formula is C22H20ClFN2O3S. The van der Waals surface area contributed by atoms with Gasteiger partial charge < -0.3 is 5.32 Å². The molecule has 0 saturated carbocycles. The Kier molecular flexibility index (Phi) is 6.74. The topological polar surface area (TPSA) is 75.3 Å². The highest BCUT2D eigenvalue weighted by Crippen LogP contribution is 2.19. The van der Waals surface area contributed by atoms with Crippen LogP contribution in [-0.2, 0) is 21.2 Å². The Morgan fingerprint density at radius 1 is 1.03 bits per heavy atom. The van der Waals surface area contributed by atoms with Crippen LogP contribution in [0.25, 0.3) is 0 Å². The highest BCUT2D eigenvalue weighted by atomic mass is 35.5. The van der Waals surface area contributed by atoms with Crippen molar-refractivity contribution in [2.24, 2.45) is 0 Å². The van der Waals surface area contributed by atoms with E-state index >= 15 is 0 Å². The molecule has 0 aromatic heterocycles. The summed E-state index contributed by atoms with van der Waals surface area (Å²) in [6, 6.07) is 18.1. The predicted octanol–water partition coefficient (Wildman–Crippen LogP) is 4.70. The molecule has 8 heteroatoms. The molecule has 3 aromatic rings.